The molecule has 0 amide bonds. The summed E-state index contributed by atoms with van der Waals surface area (Å²) in [4.78, 5) is 9.02. The Hall–Kier alpha value is -1.47. The third kappa shape index (κ3) is 4.51. The van der Waals surface area contributed by atoms with Gasteiger partial charge in [-0.15, -0.1) is 0 Å². The van der Waals surface area contributed by atoms with Gasteiger partial charge >= 0.3 is 0 Å². The van der Waals surface area contributed by atoms with Gasteiger partial charge in [0.15, 0.2) is 0 Å². The summed E-state index contributed by atoms with van der Waals surface area (Å²) in [5, 5.41) is 0. The average Bonchev–Trinajstić information content (AvgIpc) is 2.45. The van der Waals surface area contributed by atoms with Gasteiger partial charge in [-0.05, 0) is 35.1 Å². The van der Waals surface area contributed by atoms with Crippen molar-refractivity contribution >= 4 is 11.9 Å². The maximum Gasteiger partial charge on any atom is 0.0812 e. The average molecular weight is 325 g/mol. The van der Waals surface area contributed by atoms with E-state index >= 15 is 0 Å². The minimum atomic E-state index is 0. The van der Waals surface area contributed by atoms with Crippen molar-refractivity contribution in [2.75, 3.05) is 0 Å². The van der Waals surface area contributed by atoms with Crippen LogP contribution in [0.2, 0.25) is 0 Å². The van der Waals surface area contributed by atoms with E-state index in [1.807, 2.05) is 24.4 Å². The van der Waals surface area contributed by atoms with Crippen LogP contribution in [0.15, 0.2) is 47.6 Å². The first kappa shape index (κ1) is 17.6. The summed E-state index contributed by atoms with van der Waals surface area (Å²) in [6.07, 6.45) is 3.64. The van der Waals surface area contributed by atoms with Crippen molar-refractivity contribution in [3.05, 3.63) is 59.4 Å². The molecule has 0 bridgehead atoms. The summed E-state index contributed by atoms with van der Waals surface area (Å²) in [5.74, 6) is 0.925. The second-order valence-electron chi connectivity index (χ2n) is 5.61. The minimum Gasteiger partial charge on any atom is -0.255 e. The molecule has 0 saturated carbocycles. The second kappa shape index (κ2) is 8.09. The fourth-order valence-corrected chi connectivity index (χ4v) is 2.24. The second-order valence-corrected chi connectivity index (χ2v) is 5.61. The van der Waals surface area contributed by atoms with Crippen LogP contribution in [0.3, 0.4) is 0 Å². The van der Waals surface area contributed by atoms with Gasteiger partial charge < -0.3 is 0 Å². The van der Waals surface area contributed by atoms with Crippen molar-refractivity contribution in [1.82, 2.24) is 4.98 Å². The van der Waals surface area contributed by atoms with E-state index in [4.69, 9.17) is 4.99 Å². The van der Waals surface area contributed by atoms with Crippen LogP contribution in [0.5, 0.6) is 0 Å². The van der Waals surface area contributed by atoms with Crippen LogP contribution in [-0.2, 0) is 16.5 Å². The molecule has 0 atom stereocenters. The van der Waals surface area contributed by atoms with E-state index in [9.17, 15) is 0 Å². The maximum absolute atomic E-state index is 4.73. The van der Waals surface area contributed by atoms with Crippen LogP contribution in [0, 0.1) is 0 Å². The van der Waals surface area contributed by atoms with Gasteiger partial charge in [0.2, 0.25) is 0 Å². The van der Waals surface area contributed by atoms with Gasteiger partial charge in [-0.3, -0.25) is 9.98 Å². The molecule has 2 nitrogen and oxygen atoms in total. The van der Waals surface area contributed by atoms with Gasteiger partial charge in [0.25, 0.3) is 0 Å². The number of pyridine rings is 1. The molecule has 0 fully saturated rings. The van der Waals surface area contributed by atoms with Crippen LogP contribution in [0.25, 0.3) is 0 Å². The minimum absolute atomic E-state index is 0. The van der Waals surface area contributed by atoms with Gasteiger partial charge in [-0.1, -0.05) is 52.0 Å². The largest absolute Gasteiger partial charge is 0.255 e. The normalized spacial score (nSPS) is 11.1. The van der Waals surface area contributed by atoms with E-state index in [2.05, 4.69) is 50.9 Å². The van der Waals surface area contributed by atoms with Gasteiger partial charge in [0, 0.05) is 22.7 Å². The zero-order valence-electron chi connectivity index (χ0n) is 13.0. The molecule has 1 heterocycles. The molecule has 0 spiro atoms. The van der Waals surface area contributed by atoms with E-state index in [1.54, 1.807) is 6.20 Å². The number of hydrogen-bond donors (Lipinski definition) is 0. The molecule has 1 aromatic heterocycles. The Bertz CT molecular complexity index is 563. The number of benzene rings is 1. The molecule has 0 N–H and O–H groups in total. The van der Waals surface area contributed by atoms with E-state index in [0.29, 0.717) is 11.8 Å². The van der Waals surface area contributed by atoms with Crippen molar-refractivity contribution in [2.24, 2.45) is 4.99 Å². The molecular formula is C18H22N2Ni. The first-order chi connectivity index (χ1) is 9.59. The quantitative estimate of drug-likeness (QED) is 0.569. The van der Waals surface area contributed by atoms with Crippen molar-refractivity contribution in [3.63, 3.8) is 0 Å². The van der Waals surface area contributed by atoms with Crippen LogP contribution < -0.4 is 0 Å². The topological polar surface area (TPSA) is 25.2 Å². The number of rotatable bonds is 4. The Labute approximate surface area is 137 Å². The Kier molecular flexibility index (Phi) is 6.78. The molecule has 2 aromatic rings. The maximum atomic E-state index is 4.73. The molecule has 0 radical (unpaired) electrons. The Balaban J connectivity index is 0.00000220. The fraction of sp³-hybridized carbons (Fsp3) is 0.333. The van der Waals surface area contributed by atoms with E-state index < -0.39 is 0 Å². The molecular weight excluding hydrogens is 303 g/mol. The number of aromatic nitrogens is 1. The molecule has 0 saturated heterocycles. The molecule has 3 heteroatoms. The molecule has 0 aliphatic carbocycles. The number of aliphatic imine (C=N–C) groups is 1. The first-order valence-corrected chi connectivity index (χ1v) is 7.17. The molecule has 2 rings (SSSR count). The Morgan fingerprint density at radius 2 is 1.52 bits per heavy atom. The molecule has 0 unspecified atom stereocenters. The van der Waals surface area contributed by atoms with Gasteiger partial charge in [0.05, 0.1) is 17.6 Å². The van der Waals surface area contributed by atoms with Gasteiger partial charge in [-0.2, -0.15) is 0 Å². The van der Waals surface area contributed by atoms with Gasteiger partial charge in [0.1, 0.15) is 0 Å². The summed E-state index contributed by atoms with van der Waals surface area (Å²) in [6, 6.07) is 12.3. The van der Waals surface area contributed by atoms with Crippen LogP contribution in [0.1, 0.15) is 56.4 Å². The fourth-order valence-electron chi connectivity index (χ4n) is 2.24. The summed E-state index contributed by atoms with van der Waals surface area (Å²) >= 11 is 0. The summed E-state index contributed by atoms with van der Waals surface area (Å²) in [5.41, 5.74) is 4.58. The standard InChI is InChI=1S/C18H22N2.Ni/c1-13(2)16-9-7-10-17(14(3)4)18(16)20-12-15-8-5-6-11-19-15;/h5-14H,1-4H3;. The number of para-hydroxylation sites is 1. The van der Waals surface area contributed by atoms with E-state index in [-0.39, 0.29) is 16.5 Å². The van der Waals surface area contributed by atoms with E-state index in [1.165, 1.54) is 11.1 Å². The third-order valence-electron chi connectivity index (χ3n) is 3.36. The van der Waals surface area contributed by atoms with Crippen LogP contribution in [-0.4, -0.2) is 11.2 Å². The third-order valence-corrected chi connectivity index (χ3v) is 3.36. The smallest absolute Gasteiger partial charge is 0.0812 e. The van der Waals surface area contributed by atoms with Crippen LogP contribution in [0.4, 0.5) is 5.69 Å². The monoisotopic (exact) mass is 324 g/mol. The van der Waals surface area contributed by atoms with Crippen molar-refractivity contribution < 1.29 is 16.5 Å². The molecule has 114 valence electrons. The van der Waals surface area contributed by atoms with Crippen LogP contribution >= 0.6 is 0 Å². The molecule has 21 heavy (non-hydrogen) atoms. The van der Waals surface area contributed by atoms with Crippen molar-refractivity contribution in [1.29, 1.82) is 0 Å². The summed E-state index contributed by atoms with van der Waals surface area (Å²) in [6.45, 7) is 8.83. The SMILES string of the molecule is CC(C)c1cccc(C(C)C)c1N=Cc1ccccn1.[Ni]. The zero-order valence-corrected chi connectivity index (χ0v) is 14.0. The van der Waals surface area contributed by atoms with Gasteiger partial charge in [-0.25, -0.2) is 0 Å². The van der Waals surface area contributed by atoms with Crippen molar-refractivity contribution in [2.45, 2.75) is 39.5 Å². The number of nitrogens with zero attached hydrogens (tertiary/aromatic N) is 2. The first-order valence-electron chi connectivity index (χ1n) is 7.17. The molecule has 0 aliphatic heterocycles. The molecule has 0 aliphatic rings. The van der Waals surface area contributed by atoms with E-state index in [0.717, 1.165) is 11.4 Å². The summed E-state index contributed by atoms with van der Waals surface area (Å²) < 4.78 is 0. The predicted molar refractivity (Wildman–Crippen MR) is 86.1 cm³/mol. The Morgan fingerprint density at radius 1 is 0.905 bits per heavy atom. The number of hydrogen-bond acceptors (Lipinski definition) is 2. The zero-order chi connectivity index (χ0) is 14.5. The molecule has 1 aromatic carbocycles. The summed E-state index contributed by atoms with van der Waals surface area (Å²) in [7, 11) is 0. The Morgan fingerprint density at radius 3 is 2.00 bits per heavy atom. The van der Waals surface area contributed by atoms with Crippen molar-refractivity contribution in [3.8, 4) is 0 Å². The predicted octanol–water partition coefficient (Wildman–Crippen LogP) is 5.08.